The maximum Gasteiger partial charge on any atom is 0.277 e. The molecule has 0 unspecified atom stereocenters. The molecule has 0 saturated heterocycles. The first-order valence-corrected chi connectivity index (χ1v) is 5.96. The molecule has 0 spiro atoms. The average Bonchev–Trinajstić information content (AvgIpc) is 2.87. The number of nitrogens with zero attached hydrogens (tertiary/aromatic N) is 4. The minimum absolute atomic E-state index is 0.169. The Kier molecular flexibility index (Phi) is 3.74. The number of carbonyl (C=O) groups is 1. The van der Waals surface area contributed by atoms with Crippen molar-refractivity contribution in [3.8, 4) is 0 Å². The number of aromatic nitrogens is 4. The van der Waals surface area contributed by atoms with Gasteiger partial charge in [0.05, 0.1) is 18.6 Å². The van der Waals surface area contributed by atoms with Crippen molar-refractivity contribution in [1.29, 1.82) is 0 Å². The molecule has 2 heterocycles. The van der Waals surface area contributed by atoms with E-state index >= 15 is 0 Å². The predicted octanol–water partition coefficient (Wildman–Crippen LogP) is 1.55. The standard InChI is InChI=1S/C12H16N6O/c1-8(2)18-11(4-5-16-18)17-12(19)9-6-15-10(13-3)7-14-9/h4-8H,1-3H3,(H,13,15)(H,17,19). The highest BCUT2D eigenvalue weighted by atomic mass is 16.2. The van der Waals surface area contributed by atoms with Gasteiger partial charge in [0.25, 0.3) is 5.91 Å². The molecule has 2 N–H and O–H groups in total. The second kappa shape index (κ2) is 5.47. The lowest BCUT2D eigenvalue weighted by Crippen LogP contribution is -2.18. The van der Waals surface area contributed by atoms with Crippen LogP contribution in [0.1, 0.15) is 30.4 Å². The molecule has 0 saturated carbocycles. The number of amides is 1. The molecule has 0 aromatic carbocycles. The molecule has 0 radical (unpaired) electrons. The van der Waals surface area contributed by atoms with Crippen LogP contribution in [0.25, 0.3) is 0 Å². The fraction of sp³-hybridized carbons (Fsp3) is 0.333. The van der Waals surface area contributed by atoms with E-state index < -0.39 is 0 Å². The van der Waals surface area contributed by atoms with Gasteiger partial charge in [-0.3, -0.25) is 4.79 Å². The number of carbonyl (C=O) groups excluding carboxylic acids is 1. The Labute approximate surface area is 111 Å². The highest BCUT2D eigenvalue weighted by molar-refractivity contribution is 6.02. The van der Waals surface area contributed by atoms with Gasteiger partial charge in [-0.15, -0.1) is 0 Å². The molecule has 7 nitrogen and oxygen atoms in total. The Morgan fingerprint density at radius 1 is 1.32 bits per heavy atom. The molecule has 0 aliphatic heterocycles. The molecule has 0 aliphatic carbocycles. The van der Waals surface area contributed by atoms with Gasteiger partial charge in [0.2, 0.25) is 0 Å². The third kappa shape index (κ3) is 2.87. The number of rotatable bonds is 4. The van der Waals surface area contributed by atoms with Crippen LogP contribution in [0.4, 0.5) is 11.6 Å². The van der Waals surface area contributed by atoms with Crippen LogP contribution in [0.5, 0.6) is 0 Å². The molecule has 0 aliphatic rings. The van der Waals surface area contributed by atoms with E-state index in [1.165, 1.54) is 12.4 Å². The molecule has 1 amide bonds. The first-order valence-electron chi connectivity index (χ1n) is 5.96. The van der Waals surface area contributed by atoms with Crippen molar-refractivity contribution in [2.24, 2.45) is 0 Å². The van der Waals surface area contributed by atoms with E-state index in [4.69, 9.17) is 0 Å². The molecule has 19 heavy (non-hydrogen) atoms. The van der Waals surface area contributed by atoms with Crippen LogP contribution in [0.2, 0.25) is 0 Å². The van der Waals surface area contributed by atoms with Crippen molar-refractivity contribution < 1.29 is 4.79 Å². The zero-order valence-corrected chi connectivity index (χ0v) is 11.1. The van der Waals surface area contributed by atoms with Crippen molar-refractivity contribution in [1.82, 2.24) is 19.7 Å². The molecule has 100 valence electrons. The molecular weight excluding hydrogens is 244 g/mol. The second-order valence-corrected chi connectivity index (χ2v) is 4.25. The first kappa shape index (κ1) is 13.0. The summed E-state index contributed by atoms with van der Waals surface area (Å²) in [6.07, 6.45) is 4.58. The number of anilines is 2. The van der Waals surface area contributed by atoms with Crippen molar-refractivity contribution in [2.45, 2.75) is 19.9 Å². The van der Waals surface area contributed by atoms with Gasteiger partial charge in [-0.25, -0.2) is 14.6 Å². The lowest BCUT2D eigenvalue weighted by Gasteiger charge is -2.11. The second-order valence-electron chi connectivity index (χ2n) is 4.25. The Hall–Kier alpha value is -2.44. The molecule has 7 heteroatoms. The van der Waals surface area contributed by atoms with E-state index in [0.29, 0.717) is 11.6 Å². The van der Waals surface area contributed by atoms with Crippen LogP contribution in [0, 0.1) is 0 Å². The largest absolute Gasteiger partial charge is 0.372 e. The molecule has 2 rings (SSSR count). The van der Waals surface area contributed by atoms with Gasteiger partial charge in [0.15, 0.2) is 0 Å². The Bertz CT molecular complexity index is 560. The summed E-state index contributed by atoms with van der Waals surface area (Å²) in [7, 11) is 1.74. The van der Waals surface area contributed by atoms with E-state index in [-0.39, 0.29) is 17.6 Å². The summed E-state index contributed by atoms with van der Waals surface area (Å²) in [5.41, 5.74) is 0.260. The smallest absolute Gasteiger partial charge is 0.277 e. The van der Waals surface area contributed by atoms with Gasteiger partial charge in [-0.2, -0.15) is 5.10 Å². The third-order valence-corrected chi connectivity index (χ3v) is 2.54. The van der Waals surface area contributed by atoms with Crippen molar-refractivity contribution in [3.63, 3.8) is 0 Å². The SMILES string of the molecule is CNc1cnc(C(=O)Nc2ccnn2C(C)C)cn1. The summed E-state index contributed by atoms with van der Waals surface area (Å²) >= 11 is 0. The van der Waals surface area contributed by atoms with E-state index in [0.717, 1.165) is 0 Å². The Morgan fingerprint density at radius 3 is 2.68 bits per heavy atom. The van der Waals surface area contributed by atoms with Gasteiger partial charge in [-0.1, -0.05) is 0 Å². The minimum Gasteiger partial charge on any atom is -0.372 e. The summed E-state index contributed by atoms with van der Waals surface area (Å²) < 4.78 is 1.73. The van der Waals surface area contributed by atoms with Crippen LogP contribution >= 0.6 is 0 Å². The third-order valence-electron chi connectivity index (χ3n) is 2.54. The summed E-state index contributed by atoms with van der Waals surface area (Å²) in [4.78, 5) is 20.1. The maximum atomic E-state index is 12.0. The van der Waals surface area contributed by atoms with Crippen LogP contribution < -0.4 is 10.6 Å². The molecule has 2 aromatic heterocycles. The van der Waals surface area contributed by atoms with Gasteiger partial charge < -0.3 is 10.6 Å². The lowest BCUT2D eigenvalue weighted by molar-refractivity contribution is 0.102. The summed E-state index contributed by atoms with van der Waals surface area (Å²) in [6, 6.07) is 1.91. The van der Waals surface area contributed by atoms with E-state index in [9.17, 15) is 4.79 Å². The Balaban J connectivity index is 2.13. The molecule has 0 atom stereocenters. The van der Waals surface area contributed by atoms with Gasteiger partial charge in [0.1, 0.15) is 17.3 Å². The van der Waals surface area contributed by atoms with Crippen molar-refractivity contribution in [3.05, 3.63) is 30.4 Å². The van der Waals surface area contributed by atoms with Gasteiger partial charge in [-0.05, 0) is 13.8 Å². The topological polar surface area (TPSA) is 84.7 Å². The van der Waals surface area contributed by atoms with Crippen LogP contribution in [0.15, 0.2) is 24.7 Å². The van der Waals surface area contributed by atoms with Gasteiger partial charge >= 0.3 is 0 Å². The fourth-order valence-corrected chi connectivity index (χ4v) is 1.58. The number of nitrogens with one attached hydrogen (secondary N) is 2. The van der Waals surface area contributed by atoms with Crippen LogP contribution in [-0.4, -0.2) is 32.7 Å². The Morgan fingerprint density at radius 2 is 2.11 bits per heavy atom. The molecule has 0 fully saturated rings. The van der Waals surface area contributed by atoms with E-state index in [2.05, 4.69) is 25.7 Å². The number of hydrogen-bond donors (Lipinski definition) is 2. The zero-order chi connectivity index (χ0) is 13.8. The average molecular weight is 260 g/mol. The zero-order valence-electron chi connectivity index (χ0n) is 11.1. The van der Waals surface area contributed by atoms with E-state index in [1.807, 2.05) is 13.8 Å². The molecular formula is C12H16N6O. The van der Waals surface area contributed by atoms with Crippen molar-refractivity contribution in [2.75, 3.05) is 17.7 Å². The number of hydrogen-bond acceptors (Lipinski definition) is 5. The predicted molar refractivity (Wildman–Crippen MR) is 72.1 cm³/mol. The maximum absolute atomic E-state index is 12.0. The first-order chi connectivity index (χ1) is 9.11. The highest BCUT2D eigenvalue weighted by Gasteiger charge is 2.12. The van der Waals surface area contributed by atoms with Crippen LogP contribution in [0.3, 0.4) is 0 Å². The fourth-order valence-electron chi connectivity index (χ4n) is 1.58. The van der Waals surface area contributed by atoms with Crippen molar-refractivity contribution >= 4 is 17.5 Å². The monoisotopic (exact) mass is 260 g/mol. The van der Waals surface area contributed by atoms with Gasteiger partial charge in [0, 0.05) is 19.2 Å². The van der Waals surface area contributed by atoms with E-state index in [1.54, 1.807) is 24.0 Å². The quantitative estimate of drug-likeness (QED) is 0.871. The van der Waals surface area contributed by atoms with Crippen LogP contribution in [-0.2, 0) is 0 Å². The summed E-state index contributed by atoms with van der Waals surface area (Å²) in [5.74, 6) is 0.945. The lowest BCUT2D eigenvalue weighted by atomic mass is 10.4. The highest BCUT2D eigenvalue weighted by Crippen LogP contribution is 2.13. The molecule has 2 aromatic rings. The molecule has 0 bridgehead atoms. The normalized spacial score (nSPS) is 10.5. The minimum atomic E-state index is -0.308. The summed E-state index contributed by atoms with van der Waals surface area (Å²) in [6.45, 7) is 3.98. The summed E-state index contributed by atoms with van der Waals surface area (Å²) in [5, 5.41) is 9.75.